The van der Waals surface area contributed by atoms with E-state index in [0.717, 1.165) is 24.3 Å². The summed E-state index contributed by atoms with van der Waals surface area (Å²) in [5, 5.41) is 0.523. The van der Waals surface area contributed by atoms with Crippen molar-refractivity contribution in [1.29, 1.82) is 0 Å². The fourth-order valence-corrected chi connectivity index (χ4v) is 3.25. The van der Waals surface area contributed by atoms with Gasteiger partial charge in [-0.1, -0.05) is 12.1 Å². The standard InChI is InChI=1S/C13H18FNOS/c1-9-13(5-6-16-9)17-8-12(15)10-3-2-4-11(14)7-10/h2-4,7,9,12-13H,5-6,8,15H2,1H3. The molecule has 2 N–H and O–H groups in total. The van der Waals surface area contributed by atoms with Gasteiger partial charge in [-0.25, -0.2) is 4.39 Å². The number of hydrogen-bond donors (Lipinski definition) is 1. The van der Waals surface area contributed by atoms with Crippen LogP contribution >= 0.6 is 11.8 Å². The maximum atomic E-state index is 13.0. The number of benzene rings is 1. The molecule has 0 aliphatic carbocycles. The Morgan fingerprint density at radius 2 is 2.41 bits per heavy atom. The van der Waals surface area contributed by atoms with Crippen molar-refractivity contribution in [3.8, 4) is 0 Å². The summed E-state index contributed by atoms with van der Waals surface area (Å²) in [6, 6.07) is 6.43. The van der Waals surface area contributed by atoms with E-state index in [2.05, 4.69) is 6.92 Å². The molecule has 94 valence electrons. The van der Waals surface area contributed by atoms with Gasteiger partial charge in [0.2, 0.25) is 0 Å². The van der Waals surface area contributed by atoms with Gasteiger partial charge in [0.1, 0.15) is 5.82 Å². The fourth-order valence-electron chi connectivity index (χ4n) is 1.99. The first kappa shape index (κ1) is 12.9. The van der Waals surface area contributed by atoms with Crippen LogP contribution in [0.25, 0.3) is 0 Å². The molecule has 17 heavy (non-hydrogen) atoms. The van der Waals surface area contributed by atoms with Gasteiger partial charge in [0.25, 0.3) is 0 Å². The molecule has 1 aromatic rings. The molecule has 1 aliphatic heterocycles. The Balaban J connectivity index is 1.86. The average molecular weight is 255 g/mol. The molecule has 0 aromatic heterocycles. The van der Waals surface area contributed by atoms with E-state index in [-0.39, 0.29) is 11.9 Å². The van der Waals surface area contributed by atoms with Crippen LogP contribution in [0.1, 0.15) is 24.9 Å². The minimum Gasteiger partial charge on any atom is -0.377 e. The van der Waals surface area contributed by atoms with Gasteiger partial charge in [-0.3, -0.25) is 0 Å². The Morgan fingerprint density at radius 1 is 1.59 bits per heavy atom. The molecule has 0 amide bonds. The van der Waals surface area contributed by atoms with Gasteiger partial charge >= 0.3 is 0 Å². The lowest BCUT2D eigenvalue weighted by atomic mass is 10.1. The molecule has 4 heteroatoms. The molecular formula is C13H18FNOS. The molecule has 3 atom stereocenters. The van der Waals surface area contributed by atoms with Gasteiger partial charge in [0.15, 0.2) is 0 Å². The topological polar surface area (TPSA) is 35.2 Å². The van der Waals surface area contributed by atoms with E-state index in [1.807, 2.05) is 17.8 Å². The molecule has 0 saturated carbocycles. The first-order valence-electron chi connectivity index (χ1n) is 5.91. The third-order valence-electron chi connectivity index (χ3n) is 3.07. The minimum absolute atomic E-state index is 0.108. The predicted octanol–water partition coefficient (Wildman–Crippen LogP) is 2.74. The van der Waals surface area contributed by atoms with Crippen LogP contribution < -0.4 is 5.73 Å². The molecule has 3 unspecified atom stereocenters. The van der Waals surface area contributed by atoms with E-state index in [1.165, 1.54) is 12.1 Å². The molecule has 1 aromatic carbocycles. The van der Waals surface area contributed by atoms with Crippen molar-refractivity contribution in [1.82, 2.24) is 0 Å². The molecule has 0 radical (unpaired) electrons. The van der Waals surface area contributed by atoms with Crippen molar-refractivity contribution in [2.75, 3.05) is 12.4 Å². The van der Waals surface area contributed by atoms with Crippen LogP contribution in [0.3, 0.4) is 0 Å². The SMILES string of the molecule is CC1OCCC1SCC(N)c1cccc(F)c1. The molecular weight excluding hydrogens is 237 g/mol. The highest BCUT2D eigenvalue weighted by Crippen LogP contribution is 2.29. The quantitative estimate of drug-likeness (QED) is 0.898. The van der Waals surface area contributed by atoms with Crippen molar-refractivity contribution in [3.63, 3.8) is 0 Å². The van der Waals surface area contributed by atoms with Gasteiger partial charge in [-0.2, -0.15) is 11.8 Å². The smallest absolute Gasteiger partial charge is 0.123 e. The van der Waals surface area contributed by atoms with Crippen LogP contribution in [-0.4, -0.2) is 23.7 Å². The zero-order valence-electron chi connectivity index (χ0n) is 9.93. The van der Waals surface area contributed by atoms with E-state index < -0.39 is 0 Å². The van der Waals surface area contributed by atoms with E-state index in [0.29, 0.717) is 11.4 Å². The normalized spacial score (nSPS) is 26.1. The van der Waals surface area contributed by atoms with E-state index in [1.54, 1.807) is 6.07 Å². The largest absolute Gasteiger partial charge is 0.377 e. The van der Waals surface area contributed by atoms with Gasteiger partial charge in [0.05, 0.1) is 6.10 Å². The summed E-state index contributed by atoms with van der Waals surface area (Å²) in [6.45, 7) is 2.94. The summed E-state index contributed by atoms with van der Waals surface area (Å²) in [5.41, 5.74) is 6.92. The second kappa shape index (κ2) is 5.85. The Hall–Kier alpha value is -0.580. The maximum absolute atomic E-state index is 13.0. The summed E-state index contributed by atoms with van der Waals surface area (Å²) in [4.78, 5) is 0. The lowest BCUT2D eigenvalue weighted by Crippen LogP contribution is -2.19. The lowest BCUT2D eigenvalue weighted by Gasteiger charge is -2.17. The van der Waals surface area contributed by atoms with Crippen molar-refractivity contribution in [2.45, 2.75) is 30.7 Å². The Morgan fingerprint density at radius 3 is 3.06 bits per heavy atom. The van der Waals surface area contributed by atoms with Crippen LogP contribution in [0.15, 0.2) is 24.3 Å². The van der Waals surface area contributed by atoms with E-state index in [9.17, 15) is 4.39 Å². The Labute approximate surface area is 106 Å². The summed E-state index contributed by atoms with van der Waals surface area (Å²) in [6.07, 6.45) is 1.39. The molecule has 1 saturated heterocycles. The highest BCUT2D eigenvalue weighted by atomic mass is 32.2. The average Bonchev–Trinajstić information content (AvgIpc) is 2.72. The monoisotopic (exact) mass is 255 g/mol. The second-order valence-corrected chi connectivity index (χ2v) is 5.67. The third-order valence-corrected chi connectivity index (χ3v) is 4.67. The van der Waals surface area contributed by atoms with E-state index >= 15 is 0 Å². The maximum Gasteiger partial charge on any atom is 0.123 e. The van der Waals surface area contributed by atoms with Crippen molar-refractivity contribution in [2.24, 2.45) is 5.73 Å². The second-order valence-electron chi connectivity index (χ2n) is 4.40. The summed E-state index contributed by atoms with van der Waals surface area (Å²) in [5.74, 6) is 0.586. The number of halogens is 1. The van der Waals surface area contributed by atoms with Crippen LogP contribution in [0.4, 0.5) is 4.39 Å². The zero-order chi connectivity index (χ0) is 12.3. The summed E-state index contributed by atoms with van der Waals surface area (Å²) < 4.78 is 18.5. The van der Waals surface area contributed by atoms with Gasteiger partial charge < -0.3 is 10.5 Å². The molecule has 0 bridgehead atoms. The van der Waals surface area contributed by atoms with E-state index in [4.69, 9.17) is 10.5 Å². The summed E-state index contributed by atoms with van der Waals surface area (Å²) >= 11 is 1.83. The molecule has 0 spiro atoms. The van der Waals surface area contributed by atoms with Gasteiger partial charge in [-0.05, 0) is 31.0 Å². The van der Waals surface area contributed by atoms with Crippen molar-refractivity contribution in [3.05, 3.63) is 35.6 Å². The molecule has 1 fully saturated rings. The highest BCUT2D eigenvalue weighted by Gasteiger charge is 2.25. The molecule has 2 rings (SSSR count). The number of ether oxygens (including phenoxy) is 1. The van der Waals surface area contributed by atoms with Crippen molar-refractivity contribution < 1.29 is 9.13 Å². The third kappa shape index (κ3) is 3.44. The molecule has 2 nitrogen and oxygen atoms in total. The number of rotatable bonds is 4. The first-order chi connectivity index (χ1) is 8.16. The first-order valence-corrected chi connectivity index (χ1v) is 6.96. The van der Waals surface area contributed by atoms with Crippen LogP contribution in [0.5, 0.6) is 0 Å². The fraction of sp³-hybridized carbons (Fsp3) is 0.538. The van der Waals surface area contributed by atoms with Crippen LogP contribution in [0, 0.1) is 5.82 Å². The number of thioether (sulfide) groups is 1. The Kier molecular flexibility index (Phi) is 4.42. The lowest BCUT2D eigenvalue weighted by molar-refractivity contribution is 0.127. The van der Waals surface area contributed by atoms with Crippen LogP contribution in [-0.2, 0) is 4.74 Å². The predicted molar refractivity (Wildman–Crippen MR) is 69.6 cm³/mol. The highest BCUT2D eigenvalue weighted by molar-refractivity contribution is 8.00. The number of nitrogens with two attached hydrogens (primary N) is 1. The minimum atomic E-state index is -0.222. The molecule has 1 heterocycles. The zero-order valence-corrected chi connectivity index (χ0v) is 10.8. The Bertz CT molecular complexity index is 374. The molecule has 1 aliphatic rings. The summed E-state index contributed by atoms with van der Waals surface area (Å²) in [7, 11) is 0. The van der Waals surface area contributed by atoms with Gasteiger partial charge in [-0.15, -0.1) is 0 Å². The van der Waals surface area contributed by atoms with Gasteiger partial charge in [0, 0.05) is 23.7 Å². The van der Waals surface area contributed by atoms with Crippen molar-refractivity contribution >= 4 is 11.8 Å². The number of hydrogen-bond acceptors (Lipinski definition) is 3. The van der Waals surface area contributed by atoms with Crippen LogP contribution in [0.2, 0.25) is 0 Å².